The van der Waals surface area contributed by atoms with Crippen molar-refractivity contribution in [2.24, 2.45) is 5.73 Å². The summed E-state index contributed by atoms with van der Waals surface area (Å²) in [6.45, 7) is 2.05. The minimum absolute atomic E-state index is 0.0417. The van der Waals surface area contributed by atoms with Gasteiger partial charge >= 0.3 is 0 Å². The molecule has 2 aliphatic heterocycles. The normalized spacial score (nSPS) is 24.8. The molecule has 112 valence electrons. The molecule has 0 spiro atoms. The summed E-state index contributed by atoms with van der Waals surface area (Å²) in [6, 6.07) is 7.33. The Hall–Kier alpha value is -1.50. The number of hydrogen-bond acceptors (Lipinski definition) is 4. The van der Waals surface area contributed by atoms with E-state index in [4.69, 9.17) is 22.7 Å². The zero-order valence-electron chi connectivity index (χ0n) is 11.7. The maximum atomic E-state index is 12.2. The van der Waals surface area contributed by atoms with E-state index in [0.717, 1.165) is 25.9 Å². The van der Waals surface area contributed by atoms with Crippen molar-refractivity contribution in [2.45, 2.75) is 25.0 Å². The minimum Gasteiger partial charge on any atom is -0.389 e. The second-order valence-corrected chi connectivity index (χ2v) is 6.05. The Morgan fingerprint density at radius 1 is 1.33 bits per heavy atom. The summed E-state index contributed by atoms with van der Waals surface area (Å²) >= 11 is 5.00. The molecule has 3 rings (SSSR count). The van der Waals surface area contributed by atoms with Gasteiger partial charge < -0.3 is 15.8 Å². The molecule has 0 radical (unpaired) electrons. The highest BCUT2D eigenvalue weighted by Gasteiger charge is 2.34. The average molecular weight is 305 g/mol. The SMILES string of the molecule is NC(=S)c1ccccc1NC(=O)CN1CC2CCC(C1)O2. The van der Waals surface area contributed by atoms with Crippen LogP contribution in [-0.4, -0.2) is 47.6 Å². The van der Waals surface area contributed by atoms with Gasteiger partial charge in [-0.15, -0.1) is 0 Å². The Kier molecular flexibility index (Phi) is 4.19. The summed E-state index contributed by atoms with van der Waals surface area (Å²) in [5, 5.41) is 2.90. The monoisotopic (exact) mass is 305 g/mol. The van der Waals surface area contributed by atoms with Gasteiger partial charge in [-0.3, -0.25) is 9.69 Å². The summed E-state index contributed by atoms with van der Waals surface area (Å²) < 4.78 is 5.77. The minimum atomic E-state index is -0.0417. The average Bonchev–Trinajstić information content (AvgIpc) is 2.78. The van der Waals surface area contributed by atoms with E-state index >= 15 is 0 Å². The quantitative estimate of drug-likeness (QED) is 0.816. The van der Waals surface area contributed by atoms with Crippen LogP contribution >= 0.6 is 12.2 Å². The molecule has 2 fully saturated rings. The Labute approximate surface area is 129 Å². The Balaban J connectivity index is 1.61. The van der Waals surface area contributed by atoms with Crippen LogP contribution < -0.4 is 11.1 Å². The fourth-order valence-electron chi connectivity index (χ4n) is 3.03. The van der Waals surface area contributed by atoms with E-state index < -0.39 is 0 Å². The van der Waals surface area contributed by atoms with Gasteiger partial charge in [-0.1, -0.05) is 24.4 Å². The van der Waals surface area contributed by atoms with Crippen LogP contribution in [0.15, 0.2) is 24.3 Å². The van der Waals surface area contributed by atoms with Crippen LogP contribution in [0.2, 0.25) is 0 Å². The van der Waals surface area contributed by atoms with Crippen LogP contribution in [0.5, 0.6) is 0 Å². The molecule has 21 heavy (non-hydrogen) atoms. The number of fused-ring (bicyclic) bond motifs is 2. The molecule has 6 heteroatoms. The van der Waals surface area contributed by atoms with E-state index in [1.165, 1.54) is 0 Å². The first-order chi connectivity index (χ1) is 10.1. The smallest absolute Gasteiger partial charge is 0.238 e. The van der Waals surface area contributed by atoms with Crippen molar-refractivity contribution < 1.29 is 9.53 Å². The number of carbonyl (C=O) groups is 1. The van der Waals surface area contributed by atoms with Gasteiger partial charge in [0.25, 0.3) is 0 Å². The number of likely N-dealkylation sites (tertiary alicyclic amines) is 1. The van der Waals surface area contributed by atoms with Crippen LogP contribution in [0.3, 0.4) is 0 Å². The van der Waals surface area contributed by atoms with Gasteiger partial charge in [0, 0.05) is 18.7 Å². The number of nitrogens with two attached hydrogens (primary N) is 1. The Morgan fingerprint density at radius 2 is 2.00 bits per heavy atom. The van der Waals surface area contributed by atoms with Crippen LogP contribution in [0.1, 0.15) is 18.4 Å². The van der Waals surface area contributed by atoms with Crippen molar-refractivity contribution in [3.63, 3.8) is 0 Å². The molecule has 0 saturated carbocycles. The summed E-state index contributed by atoms with van der Waals surface area (Å²) in [4.78, 5) is 14.7. The van der Waals surface area contributed by atoms with Crippen LogP contribution in [0.25, 0.3) is 0 Å². The van der Waals surface area contributed by atoms with Gasteiger partial charge in [-0.05, 0) is 25.0 Å². The maximum Gasteiger partial charge on any atom is 0.238 e. The van der Waals surface area contributed by atoms with Crippen LogP contribution in [0, 0.1) is 0 Å². The van der Waals surface area contributed by atoms with Crippen LogP contribution in [0.4, 0.5) is 5.69 Å². The highest BCUT2D eigenvalue weighted by atomic mass is 32.1. The Morgan fingerprint density at radius 3 is 2.67 bits per heavy atom. The van der Waals surface area contributed by atoms with Crippen molar-refractivity contribution in [3.8, 4) is 0 Å². The first kappa shape index (κ1) is 14.4. The molecule has 0 aromatic heterocycles. The van der Waals surface area contributed by atoms with Crippen molar-refractivity contribution in [3.05, 3.63) is 29.8 Å². The third-order valence-electron chi connectivity index (χ3n) is 3.95. The van der Waals surface area contributed by atoms with Gasteiger partial charge in [-0.2, -0.15) is 0 Å². The molecular formula is C15H19N3O2S. The number of carbonyl (C=O) groups excluding carboxylic acids is 1. The number of benzene rings is 1. The van der Waals surface area contributed by atoms with E-state index in [1.807, 2.05) is 24.3 Å². The summed E-state index contributed by atoms with van der Waals surface area (Å²) in [5.41, 5.74) is 7.04. The molecular weight excluding hydrogens is 286 g/mol. The van der Waals surface area contributed by atoms with Gasteiger partial charge in [0.2, 0.25) is 5.91 Å². The molecule has 2 unspecified atom stereocenters. The predicted molar refractivity (Wildman–Crippen MR) is 85.3 cm³/mol. The second-order valence-electron chi connectivity index (χ2n) is 5.61. The van der Waals surface area contributed by atoms with Gasteiger partial charge in [0.1, 0.15) is 4.99 Å². The maximum absolute atomic E-state index is 12.2. The number of amides is 1. The number of rotatable bonds is 4. The van der Waals surface area contributed by atoms with Gasteiger partial charge in [0.05, 0.1) is 24.4 Å². The molecule has 1 aromatic carbocycles. The molecule has 2 heterocycles. The lowest BCUT2D eigenvalue weighted by Crippen LogP contribution is -2.45. The number of ether oxygens (including phenoxy) is 1. The van der Waals surface area contributed by atoms with Gasteiger partial charge in [-0.25, -0.2) is 0 Å². The molecule has 5 nitrogen and oxygen atoms in total. The molecule has 2 aliphatic rings. The standard InChI is InChI=1S/C15H19N3O2S/c16-15(21)12-3-1-2-4-13(12)17-14(19)9-18-7-10-5-6-11(8-18)20-10/h1-4,10-11H,5-9H2,(H2,16,21)(H,17,19). The summed E-state index contributed by atoms with van der Waals surface area (Å²) in [5.74, 6) is -0.0417. The lowest BCUT2D eigenvalue weighted by atomic mass is 10.1. The van der Waals surface area contributed by atoms with E-state index in [2.05, 4.69) is 10.2 Å². The zero-order valence-corrected chi connectivity index (χ0v) is 12.6. The van der Waals surface area contributed by atoms with Gasteiger partial charge in [0.15, 0.2) is 0 Å². The third-order valence-corrected chi connectivity index (χ3v) is 4.17. The van der Waals surface area contributed by atoms with Crippen molar-refractivity contribution in [2.75, 3.05) is 25.0 Å². The highest BCUT2D eigenvalue weighted by molar-refractivity contribution is 7.80. The molecule has 3 N–H and O–H groups in total. The second kappa shape index (κ2) is 6.09. The van der Waals surface area contributed by atoms with Crippen molar-refractivity contribution >= 4 is 28.8 Å². The molecule has 1 amide bonds. The number of nitrogens with zero attached hydrogens (tertiary/aromatic N) is 1. The fraction of sp³-hybridized carbons (Fsp3) is 0.467. The molecule has 2 atom stereocenters. The zero-order chi connectivity index (χ0) is 14.8. The largest absolute Gasteiger partial charge is 0.389 e. The molecule has 2 saturated heterocycles. The predicted octanol–water partition coefficient (Wildman–Crippen LogP) is 1.12. The number of para-hydroxylation sites is 1. The number of anilines is 1. The lowest BCUT2D eigenvalue weighted by Gasteiger charge is -2.31. The molecule has 2 bridgehead atoms. The van der Waals surface area contributed by atoms with Crippen molar-refractivity contribution in [1.82, 2.24) is 4.90 Å². The number of nitrogens with one attached hydrogen (secondary N) is 1. The highest BCUT2D eigenvalue weighted by Crippen LogP contribution is 2.26. The third kappa shape index (κ3) is 3.40. The number of morpholine rings is 1. The first-order valence-electron chi connectivity index (χ1n) is 7.18. The summed E-state index contributed by atoms with van der Waals surface area (Å²) in [6.07, 6.45) is 2.79. The van der Waals surface area contributed by atoms with Crippen LogP contribution in [-0.2, 0) is 9.53 Å². The fourth-order valence-corrected chi connectivity index (χ4v) is 3.21. The topological polar surface area (TPSA) is 67.6 Å². The van der Waals surface area contributed by atoms with Crippen molar-refractivity contribution in [1.29, 1.82) is 0 Å². The number of hydrogen-bond donors (Lipinski definition) is 2. The Bertz CT molecular complexity index is 552. The van der Waals surface area contributed by atoms with E-state index in [1.54, 1.807) is 0 Å². The van der Waals surface area contributed by atoms with E-state index in [0.29, 0.717) is 30.0 Å². The first-order valence-corrected chi connectivity index (χ1v) is 7.59. The lowest BCUT2D eigenvalue weighted by molar-refractivity contribution is -0.119. The number of thiocarbonyl (C=S) groups is 1. The molecule has 1 aromatic rings. The van der Waals surface area contributed by atoms with E-state index in [-0.39, 0.29) is 10.9 Å². The molecule has 0 aliphatic carbocycles. The van der Waals surface area contributed by atoms with E-state index in [9.17, 15) is 4.79 Å². The summed E-state index contributed by atoms with van der Waals surface area (Å²) in [7, 11) is 0.